The molecule has 0 saturated carbocycles. The van der Waals surface area contributed by atoms with Gasteiger partial charge >= 0.3 is 0 Å². The Morgan fingerprint density at radius 3 is 2.57 bits per heavy atom. The van der Waals surface area contributed by atoms with E-state index in [2.05, 4.69) is 62.8 Å². The largest absolute Gasteiger partial charge is 0.305 e. The van der Waals surface area contributed by atoms with Crippen molar-refractivity contribution in [3.63, 3.8) is 0 Å². The van der Waals surface area contributed by atoms with Gasteiger partial charge in [0.1, 0.15) is 0 Å². The molecule has 0 aliphatic carbocycles. The van der Waals surface area contributed by atoms with E-state index in [0.29, 0.717) is 11.8 Å². The normalized spacial score (nSPS) is 11.4. The molecule has 28 heavy (non-hydrogen) atoms. The van der Waals surface area contributed by atoms with Crippen molar-refractivity contribution in [1.29, 1.82) is 0 Å². The average Bonchev–Trinajstić information content (AvgIpc) is 3.23. The first-order valence-corrected chi connectivity index (χ1v) is 9.95. The fourth-order valence-electron chi connectivity index (χ4n) is 3.18. The van der Waals surface area contributed by atoms with E-state index in [-0.39, 0.29) is 5.15 Å². The van der Waals surface area contributed by atoms with Gasteiger partial charge in [0.15, 0.2) is 11.0 Å². The van der Waals surface area contributed by atoms with Gasteiger partial charge < -0.3 is 5.32 Å². The summed E-state index contributed by atoms with van der Waals surface area (Å²) < 4.78 is 1.84. The molecule has 0 fully saturated rings. The first kappa shape index (κ1) is 17.1. The van der Waals surface area contributed by atoms with Crippen LogP contribution < -0.4 is 5.32 Å². The van der Waals surface area contributed by atoms with Crippen molar-refractivity contribution in [2.45, 2.75) is 13.8 Å². The van der Waals surface area contributed by atoms with Crippen LogP contribution in [0.5, 0.6) is 0 Å². The third-order valence-electron chi connectivity index (χ3n) is 4.50. The Balaban J connectivity index is 1.55. The van der Waals surface area contributed by atoms with Gasteiger partial charge in [-0.2, -0.15) is 4.98 Å². The van der Waals surface area contributed by atoms with Gasteiger partial charge in [-0.05, 0) is 31.5 Å². The zero-order valence-corrected chi connectivity index (χ0v) is 16.7. The van der Waals surface area contributed by atoms with Crippen LogP contribution in [0.4, 0.5) is 11.8 Å². The number of thiazole rings is 1. The standard InChI is InChI=1S/C20H15ClN6S/c1-11-7-8-13(12(2)9-11)16-10-28-20-25-19(26-27(16)20)24-18-17(21)22-14-5-3-4-6-15(14)23-18/h3-10H,1-2H3,(H,23,24,26). The van der Waals surface area contributed by atoms with Crippen molar-refractivity contribution in [1.82, 2.24) is 24.6 Å². The lowest BCUT2D eigenvalue weighted by Gasteiger charge is -2.06. The maximum absolute atomic E-state index is 6.29. The molecule has 0 atom stereocenters. The molecule has 0 aliphatic heterocycles. The fourth-order valence-corrected chi connectivity index (χ4v) is 4.19. The Morgan fingerprint density at radius 1 is 1.00 bits per heavy atom. The molecule has 0 aliphatic rings. The predicted octanol–water partition coefficient (Wildman–Crippen LogP) is 5.41. The third-order valence-corrected chi connectivity index (χ3v) is 5.58. The number of anilines is 2. The topological polar surface area (TPSA) is 68.0 Å². The summed E-state index contributed by atoms with van der Waals surface area (Å²) >= 11 is 7.83. The molecule has 3 heterocycles. The molecule has 0 radical (unpaired) electrons. The third kappa shape index (κ3) is 2.89. The molecule has 6 nitrogen and oxygen atoms in total. The molecule has 2 aromatic carbocycles. The summed E-state index contributed by atoms with van der Waals surface area (Å²) in [7, 11) is 0. The summed E-state index contributed by atoms with van der Waals surface area (Å²) in [4.78, 5) is 14.3. The number of hydrogen-bond donors (Lipinski definition) is 1. The van der Waals surface area contributed by atoms with Gasteiger partial charge in [-0.1, -0.05) is 47.5 Å². The Hall–Kier alpha value is -3.03. The van der Waals surface area contributed by atoms with Gasteiger partial charge in [0.05, 0.1) is 16.7 Å². The van der Waals surface area contributed by atoms with E-state index >= 15 is 0 Å². The second-order valence-electron chi connectivity index (χ2n) is 6.55. The summed E-state index contributed by atoms with van der Waals surface area (Å²) in [5, 5.41) is 10.1. The smallest absolute Gasteiger partial charge is 0.249 e. The zero-order valence-electron chi connectivity index (χ0n) is 15.1. The SMILES string of the molecule is Cc1ccc(-c2csc3nc(Nc4nc5ccccc5nc4Cl)nn23)c(C)c1. The van der Waals surface area contributed by atoms with Crippen molar-refractivity contribution in [2.75, 3.05) is 5.32 Å². The average molecular weight is 407 g/mol. The molecule has 8 heteroatoms. The number of fused-ring (bicyclic) bond motifs is 2. The minimum atomic E-state index is 0.284. The molecule has 0 bridgehead atoms. The van der Waals surface area contributed by atoms with Gasteiger partial charge in [0.25, 0.3) is 0 Å². The van der Waals surface area contributed by atoms with E-state index in [1.54, 1.807) is 11.3 Å². The van der Waals surface area contributed by atoms with Crippen LogP contribution in [0.25, 0.3) is 27.3 Å². The van der Waals surface area contributed by atoms with E-state index in [4.69, 9.17) is 11.6 Å². The molecule has 5 aromatic rings. The highest BCUT2D eigenvalue weighted by Gasteiger charge is 2.15. The van der Waals surface area contributed by atoms with E-state index in [0.717, 1.165) is 27.3 Å². The van der Waals surface area contributed by atoms with Gasteiger partial charge in [-0.3, -0.25) is 0 Å². The lowest BCUT2D eigenvalue weighted by atomic mass is 10.0. The Morgan fingerprint density at radius 2 is 1.79 bits per heavy atom. The molecular formula is C20H15ClN6S. The fraction of sp³-hybridized carbons (Fsp3) is 0.100. The molecule has 3 aromatic heterocycles. The summed E-state index contributed by atoms with van der Waals surface area (Å²) in [6, 6.07) is 14.0. The molecule has 1 N–H and O–H groups in total. The minimum absolute atomic E-state index is 0.284. The van der Waals surface area contributed by atoms with Crippen LogP contribution in [-0.2, 0) is 0 Å². The number of aromatic nitrogens is 5. The highest BCUT2D eigenvalue weighted by molar-refractivity contribution is 7.15. The van der Waals surface area contributed by atoms with E-state index in [9.17, 15) is 0 Å². The van der Waals surface area contributed by atoms with Gasteiger partial charge in [-0.25, -0.2) is 14.5 Å². The maximum Gasteiger partial charge on any atom is 0.249 e. The Bertz CT molecular complexity index is 1340. The first-order valence-electron chi connectivity index (χ1n) is 8.70. The highest BCUT2D eigenvalue weighted by atomic mass is 35.5. The van der Waals surface area contributed by atoms with E-state index in [1.165, 1.54) is 11.1 Å². The lowest BCUT2D eigenvalue weighted by Crippen LogP contribution is -1.99. The summed E-state index contributed by atoms with van der Waals surface area (Å²) in [5.74, 6) is 0.871. The number of rotatable bonds is 3. The van der Waals surface area contributed by atoms with Gasteiger partial charge in [-0.15, -0.1) is 16.4 Å². The number of halogens is 1. The van der Waals surface area contributed by atoms with Crippen LogP contribution in [0.1, 0.15) is 11.1 Å². The summed E-state index contributed by atoms with van der Waals surface area (Å²) in [6.45, 7) is 4.19. The molecule has 0 unspecified atom stereocenters. The van der Waals surface area contributed by atoms with Gasteiger partial charge in [0, 0.05) is 10.9 Å². The minimum Gasteiger partial charge on any atom is -0.305 e. The molecule has 0 saturated heterocycles. The summed E-state index contributed by atoms with van der Waals surface area (Å²) in [5.41, 5.74) is 6.08. The van der Waals surface area contributed by atoms with Crippen molar-refractivity contribution < 1.29 is 0 Å². The second-order valence-corrected chi connectivity index (χ2v) is 7.74. The number of aryl methyl sites for hydroxylation is 2. The quantitative estimate of drug-likeness (QED) is 0.433. The first-order chi connectivity index (χ1) is 13.6. The van der Waals surface area contributed by atoms with E-state index < -0.39 is 0 Å². The predicted molar refractivity (Wildman–Crippen MR) is 114 cm³/mol. The molecular weight excluding hydrogens is 392 g/mol. The van der Waals surface area contributed by atoms with Crippen LogP contribution in [0.2, 0.25) is 5.15 Å². The van der Waals surface area contributed by atoms with Crippen LogP contribution in [0, 0.1) is 13.8 Å². The number of nitrogens with zero attached hydrogens (tertiary/aromatic N) is 5. The monoisotopic (exact) mass is 406 g/mol. The van der Waals surface area contributed by atoms with E-state index in [1.807, 2.05) is 28.8 Å². The van der Waals surface area contributed by atoms with Crippen molar-refractivity contribution in [2.24, 2.45) is 0 Å². The Labute approximate surface area is 169 Å². The van der Waals surface area contributed by atoms with Crippen molar-refractivity contribution >= 4 is 50.7 Å². The second kappa shape index (κ2) is 6.54. The van der Waals surface area contributed by atoms with Crippen LogP contribution in [0.15, 0.2) is 47.8 Å². The van der Waals surface area contributed by atoms with Gasteiger partial charge in [0.2, 0.25) is 10.9 Å². The van der Waals surface area contributed by atoms with Crippen molar-refractivity contribution in [3.8, 4) is 11.3 Å². The molecule has 0 amide bonds. The number of benzene rings is 2. The highest BCUT2D eigenvalue weighted by Crippen LogP contribution is 2.30. The zero-order chi connectivity index (χ0) is 19.3. The van der Waals surface area contributed by atoms with Crippen LogP contribution >= 0.6 is 22.9 Å². The molecule has 138 valence electrons. The molecule has 5 rings (SSSR count). The summed E-state index contributed by atoms with van der Waals surface area (Å²) in [6.07, 6.45) is 0. The Kier molecular flexibility index (Phi) is 3.99. The lowest BCUT2D eigenvalue weighted by molar-refractivity contribution is 0.985. The van der Waals surface area contributed by atoms with Crippen molar-refractivity contribution in [3.05, 3.63) is 64.1 Å². The van der Waals surface area contributed by atoms with Crippen LogP contribution in [-0.4, -0.2) is 24.6 Å². The number of hydrogen-bond acceptors (Lipinski definition) is 6. The van der Waals surface area contributed by atoms with Crippen LogP contribution in [0.3, 0.4) is 0 Å². The number of para-hydroxylation sites is 2. The number of nitrogens with one attached hydrogen (secondary N) is 1. The maximum atomic E-state index is 6.29. The molecule has 0 spiro atoms.